The van der Waals surface area contributed by atoms with Gasteiger partial charge in [0.15, 0.2) is 0 Å². The van der Waals surface area contributed by atoms with Gasteiger partial charge < -0.3 is 10.6 Å². The molecule has 4 aliphatic carbocycles. The molecule has 224 valence electrons. The van der Waals surface area contributed by atoms with Crippen LogP contribution in [0.5, 0.6) is 0 Å². The van der Waals surface area contributed by atoms with Crippen molar-refractivity contribution in [2.75, 3.05) is 5.32 Å². The fourth-order valence-corrected chi connectivity index (χ4v) is 10.2. The fourth-order valence-electron chi connectivity index (χ4n) is 9.83. The normalized spacial score (nSPS) is 34.7. The summed E-state index contributed by atoms with van der Waals surface area (Å²) in [5.74, 6) is -1.09. The van der Waals surface area contributed by atoms with E-state index in [2.05, 4.69) is 29.8 Å². The van der Waals surface area contributed by atoms with E-state index in [0.717, 1.165) is 63.4 Å². The number of rotatable bonds is 4. The lowest BCUT2D eigenvalue weighted by molar-refractivity contribution is -0.128. The summed E-state index contributed by atoms with van der Waals surface area (Å²) in [5.41, 5.74) is -0.0974. The third-order valence-corrected chi connectivity index (χ3v) is 12.7. The predicted molar refractivity (Wildman–Crippen MR) is 164 cm³/mol. The largest absolute Gasteiger partial charge is 0.349 e. The summed E-state index contributed by atoms with van der Waals surface area (Å²) >= 11 is 12.8. The zero-order valence-corrected chi connectivity index (χ0v) is 25.9. The van der Waals surface area contributed by atoms with Gasteiger partial charge in [0.25, 0.3) is 0 Å². The fraction of sp³-hybridized carbons (Fsp3) is 0.588. The summed E-state index contributed by atoms with van der Waals surface area (Å²) in [6, 6.07) is 9.59. The maximum Gasteiger partial charge on any atom is 0.238 e. The smallest absolute Gasteiger partial charge is 0.238 e. The van der Waals surface area contributed by atoms with Gasteiger partial charge in [-0.3, -0.25) is 14.9 Å². The molecule has 2 aliphatic heterocycles. The van der Waals surface area contributed by atoms with Crippen molar-refractivity contribution in [1.29, 1.82) is 0 Å². The number of nitrogens with one attached hydrogen (secondary N) is 3. The van der Waals surface area contributed by atoms with Crippen molar-refractivity contribution in [3.05, 3.63) is 63.4 Å². The summed E-state index contributed by atoms with van der Waals surface area (Å²) in [6.45, 7) is 4.65. The van der Waals surface area contributed by atoms with Crippen LogP contribution in [0.25, 0.3) is 0 Å². The number of anilines is 1. The highest BCUT2D eigenvalue weighted by molar-refractivity contribution is 6.31. The summed E-state index contributed by atoms with van der Waals surface area (Å²) < 4.78 is 16.1. The Bertz CT molecular complexity index is 1430. The highest BCUT2D eigenvalue weighted by Crippen LogP contribution is 2.63. The van der Waals surface area contributed by atoms with E-state index in [0.29, 0.717) is 40.4 Å². The second-order valence-corrected chi connectivity index (χ2v) is 15.0. The summed E-state index contributed by atoms with van der Waals surface area (Å²) in [4.78, 5) is 29.2. The van der Waals surface area contributed by atoms with Crippen molar-refractivity contribution >= 4 is 40.7 Å². The van der Waals surface area contributed by atoms with Gasteiger partial charge in [0.2, 0.25) is 11.8 Å². The predicted octanol–water partition coefficient (Wildman–Crippen LogP) is 7.65. The van der Waals surface area contributed by atoms with E-state index in [9.17, 15) is 9.59 Å². The average Bonchev–Trinajstić information content (AvgIpc) is 3.43. The summed E-state index contributed by atoms with van der Waals surface area (Å²) in [6.07, 6.45) is 10.5. The van der Waals surface area contributed by atoms with Crippen molar-refractivity contribution in [2.45, 2.75) is 113 Å². The minimum atomic E-state index is -1.20. The first-order valence-corrected chi connectivity index (χ1v) is 16.5. The molecule has 2 aromatic rings. The Morgan fingerprint density at radius 1 is 0.976 bits per heavy atom. The average molecular weight is 613 g/mol. The van der Waals surface area contributed by atoms with Crippen LogP contribution in [0, 0.1) is 17.2 Å². The number of benzene rings is 2. The lowest BCUT2D eigenvalue weighted by Crippen LogP contribution is -2.62. The van der Waals surface area contributed by atoms with Crippen LogP contribution >= 0.6 is 23.2 Å². The third kappa shape index (κ3) is 3.90. The zero-order valence-electron chi connectivity index (χ0n) is 24.4. The van der Waals surface area contributed by atoms with Crippen LogP contribution in [-0.2, 0) is 15.0 Å². The monoisotopic (exact) mass is 611 g/mol. The number of carbonyl (C=O) groups excluding carboxylic acids is 2. The SMILES string of the molecule is CC(C)C12CCC(NC(=O)[C@@H]3NC4(CCCCC4)[C@@]4(C(=O)Nc5cc(Cl)ccc54)[C@H]3c3cccc(Cl)c3F)(CC1)CC2. The van der Waals surface area contributed by atoms with E-state index in [1.807, 2.05) is 6.07 Å². The van der Waals surface area contributed by atoms with E-state index in [-0.39, 0.29) is 22.4 Å². The number of carbonyl (C=O) groups is 2. The quantitative estimate of drug-likeness (QED) is 0.332. The van der Waals surface area contributed by atoms with Gasteiger partial charge in [-0.05, 0) is 92.0 Å². The molecule has 2 amide bonds. The third-order valence-electron chi connectivity index (χ3n) is 12.2. The van der Waals surface area contributed by atoms with Crippen LogP contribution in [0.2, 0.25) is 10.0 Å². The molecule has 0 aromatic heterocycles. The lowest BCUT2D eigenvalue weighted by atomic mass is 9.53. The van der Waals surface area contributed by atoms with Gasteiger partial charge in [-0.25, -0.2) is 4.39 Å². The van der Waals surface area contributed by atoms with Crippen molar-refractivity contribution in [1.82, 2.24) is 10.6 Å². The maximum atomic E-state index is 16.1. The minimum absolute atomic E-state index is 0.00989. The van der Waals surface area contributed by atoms with Gasteiger partial charge in [0.05, 0.1) is 11.1 Å². The standard InChI is InChI=1S/C34H40Cl2FN3O2/c1-20(2)31-13-16-32(17-14-31,18-15-31)40-29(41)28-26(22-7-6-8-24(36)27(22)37)34(33(39-28)11-4-3-5-12-33)23-10-9-21(35)19-25(23)38-30(34)42/h6-10,19-20,26,28,39H,3-5,11-18H2,1-2H3,(H,38,42)(H,40,41)/t26-,28+,31?,32?,34+/m0/s1. The Morgan fingerprint density at radius 2 is 1.67 bits per heavy atom. The molecule has 2 spiro atoms. The zero-order chi connectivity index (χ0) is 29.5. The number of halogens is 3. The molecule has 3 N–H and O–H groups in total. The van der Waals surface area contributed by atoms with Crippen LogP contribution in [-0.4, -0.2) is 28.9 Å². The van der Waals surface area contributed by atoms with E-state index in [1.165, 1.54) is 6.07 Å². The first-order chi connectivity index (χ1) is 20.1. The molecule has 4 saturated carbocycles. The molecule has 5 nitrogen and oxygen atoms in total. The topological polar surface area (TPSA) is 70.2 Å². The Morgan fingerprint density at radius 3 is 2.33 bits per heavy atom. The van der Waals surface area contributed by atoms with Crippen LogP contribution in [0.3, 0.4) is 0 Å². The van der Waals surface area contributed by atoms with Crippen LogP contribution < -0.4 is 16.0 Å². The van der Waals surface area contributed by atoms with Crippen molar-refractivity contribution in [2.24, 2.45) is 11.3 Å². The van der Waals surface area contributed by atoms with Gasteiger partial charge in [-0.2, -0.15) is 0 Å². The molecule has 42 heavy (non-hydrogen) atoms. The Balaban J connectivity index is 1.36. The van der Waals surface area contributed by atoms with Gasteiger partial charge >= 0.3 is 0 Å². The van der Waals surface area contributed by atoms with Gasteiger partial charge in [0.1, 0.15) is 11.2 Å². The highest BCUT2D eigenvalue weighted by atomic mass is 35.5. The highest BCUT2D eigenvalue weighted by Gasteiger charge is 2.72. The minimum Gasteiger partial charge on any atom is -0.349 e. The molecule has 2 bridgehead atoms. The van der Waals surface area contributed by atoms with Crippen molar-refractivity contribution in [3.63, 3.8) is 0 Å². The van der Waals surface area contributed by atoms with Crippen molar-refractivity contribution < 1.29 is 14.0 Å². The number of fused-ring (bicyclic) bond motifs is 6. The van der Waals surface area contributed by atoms with E-state index in [1.54, 1.807) is 24.3 Å². The van der Waals surface area contributed by atoms with Gasteiger partial charge in [0, 0.05) is 27.7 Å². The molecule has 0 unspecified atom stereocenters. The second-order valence-electron chi connectivity index (χ2n) is 14.1. The van der Waals surface area contributed by atoms with Crippen LogP contribution in [0.4, 0.5) is 10.1 Å². The van der Waals surface area contributed by atoms with Gasteiger partial charge in [-0.1, -0.05) is 74.5 Å². The summed E-state index contributed by atoms with van der Waals surface area (Å²) in [7, 11) is 0. The molecule has 3 atom stereocenters. The molecule has 6 aliphatic rings. The Kier molecular flexibility index (Phi) is 6.77. The molecule has 8 heteroatoms. The van der Waals surface area contributed by atoms with Crippen molar-refractivity contribution in [3.8, 4) is 0 Å². The molecule has 2 aromatic carbocycles. The Hall–Kier alpha value is -2.15. The lowest BCUT2D eigenvalue weighted by Gasteiger charge is -2.56. The first kappa shape index (κ1) is 28.6. The number of hydrogen-bond donors (Lipinski definition) is 3. The summed E-state index contributed by atoms with van der Waals surface area (Å²) in [5, 5.41) is 10.9. The Labute approximate surface area is 257 Å². The molecular weight excluding hydrogens is 572 g/mol. The number of amides is 2. The molecular formula is C34H40Cl2FN3O2. The van der Waals surface area contributed by atoms with E-state index >= 15 is 4.39 Å². The van der Waals surface area contributed by atoms with Gasteiger partial charge in [-0.15, -0.1) is 0 Å². The van der Waals surface area contributed by atoms with Crippen LogP contribution in [0.1, 0.15) is 102 Å². The molecule has 5 fully saturated rings. The molecule has 0 radical (unpaired) electrons. The maximum absolute atomic E-state index is 16.1. The molecule has 2 heterocycles. The first-order valence-electron chi connectivity index (χ1n) is 15.7. The molecule has 8 rings (SSSR count). The van der Waals surface area contributed by atoms with E-state index < -0.39 is 28.7 Å². The van der Waals surface area contributed by atoms with Crippen LogP contribution in [0.15, 0.2) is 36.4 Å². The molecule has 1 saturated heterocycles. The second kappa shape index (κ2) is 9.93. The number of hydrogen-bond acceptors (Lipinski definition) is 3. The van der Waals surface area contributed by atoms with E-state index in [4.69, 9.17) is 23.2 Å².